The van der Waals surface area contributed by atoms with Crippen LogP contribution in [0.25, 0.3) is 0 Å². The van der Waals surface area contributed by atoms with Crippen molar-refractivity contribution in [3.63, 3.8) is 0 Å². The van der Waals surface area contributed by atoms with Crippen LogP contribution in [0.15, 0.2) is 24.3 Å². The van der Waals surface area contributed by atoms with Crippen molar-refractivity contribution in [2.75, 3.05) is 40.1 Å². The van der Waals surface area contributed by atoms with Crippen LogP contribution in [-0.2, 0) is 20.8 Å². The minimum absolute atomic E-state index is 0.00463. The van der Waals surface area contributed by atoms with E-state index in [0.29, 0.717) is 52.4 Å². The number of methoxy groups -OCH3 is 1. The normalized spacial score (nSPS) is 16.8. The number of nitrogens with one attached hydrogen (secondary N) is 1. The number of nitrogens with two attached hydrogens (primary N) is 1. The highest BCUT2D eigenvalue weighted by Crippen LogP contribution is 2.29. The Balaban J connectivity index is 1.95. The lowest BCUT2D eigenvalue weighted by Crippen LogP contribution is -2.49. The van der Waals surface area contributed by atoms with Crippen molar-refractivity contribution >= 4 is 5.91 Å². The third-order valence-electron chi connectivity index (χ3n) is 4.28. The van der Waals surface area contributed by atoms with Crippen molar-refractivity contribution < 1.29 is 19.0 Å². The van der Waals surface area contributed by atoms with Crippen LogP contribution >= 0.6 is 0 Å². The van der Waals surface area contributed by atoms with Gasteiger partial charge in [0.25, 0.3) is 0 Å². The zero-order valence-electron chi connectivity index (χ0n) is 13.7. The van der Waals surface area contributed by atoms with Gasteiger partial charge in [0.1, 0.15) is 12.4 Å². The van der Waals surface area contributed by atoms with Crippen molar-refractivity contribution in [1.29, 1.82) is 0 Å². The summed E-state index contributed by atoms with van der Waals surface area (Å²) in [6.07, 6.45) is 1.34. The summed E-state index contributed by atoms with van der Waals surface area (Å²) in [5, 5.41) is 3.01. The molecule has 1 aromatic carbocycles. The molecule has 1 amide bonds. The Bertz CT molecular complexity index is 501. The minimum Gasteiger partial charge on any atom is -0.491 e. The van der Waals surface area contributed by atoms with Crippen LogP contribution in [0, 0.1) is 5.41 Å². The molecule has 0 aromatic heterocycles. The molecule has 0 saturated carbocycles. The van der Waals surface area contributed by atoms with Crippen LogP contribution in [0.2, 0.25) is 0 Å². The molecular formula is C17H26N2O4. The van der Waals surface area contributed by atoms with Crippen molar-refractivity contribution in [1.82, 2.24) is 5.32 Å². The summed E-state index contributed by atoms with van der Waals surface area (Å²) in [5.74, 6) is 0.758. The molecule has 0 aliphatic carbocycles. The van der Waals surface area contributed by atoms with Gasteiger partial charge in [0.15, 0.2) is 0 Å². The fourth-order valence-corrected chi connectivity index (χ4v) is 2.67. The van der Waals surface area contributed by atoms with Gasteiger partial charge in [0.2, 0.25) is 5.91 Å². The zero-order valence-corrected chi connectivity index (χ0v) is 13.7. The first-order chi connectivity index (χ1) is 11.2. The Hall–Kier alpha value is -1.63. The SMILES string of the molecule is COCCOc1ccccc1CNC(=O)C1(CN)CCOCC1. The lowest BCUT2D eigenvalue weighted by atomic mass is 9.79. The Morgan fingerprint density at radius 3 is 2.74 bits per heavy atom. The summed E-state index contributed by atoms with van der Waals surface area (Å²) >= 11 is 0. The highest BCUT2D eigenvalue weighted by atomic mass is 16.5. The molecule has 23 heavy (non-hydrogen) atoms. The Kier molecular flexibility index (Phi) is 6.83. The average Bonchev–Trinajstić information content (AvgIpc) is 2.61. The Morgan fingerprint density at radius 1 is 1.30 bits per heavy atom. The van der Waals surface area contributed by atoms with Crippen molar-refractivity contribution in [3.05, 3.63) is 29.8 Å². The van der Waals surface area contributed by atoms with E-state index < -0.39 is 5.41 Å². The molecule has 128 valence electrons. The molecule has 0 atom stereocenters. The number of para-hydroxylation sites is 1. The topological polar surface area (TPSA) is 82.8 Å². The van der Waals surface area contributed by atoms with E-state index in [2.05, 4.69) is 5.32 Å². The number of carbonyl (C=O) groups is 1. The second-order valence-corrected chi connectivity index (χ2v) is 5.73. The molecule has 1 saturated heterocycles. The maximum atomic E-state index is 12.6. The third-order valence-corrected chi connectivity index (χ3v) is 4.28. The van der Waals surface area contributed by atoms with Crippen LogP contribution in [0.4, 0.5) is 0 Å². The molecule has 6 heteroatoms. The number of benzene rings is 1. The number of hydrogen-bond acceptors (Lipinski definition) is 5. The summed E-state index contributed by atoms with van der Waals surface area (Å²) < 4.78 is 16.0. The molecule has 1 aliphatic rings. The van der Waals surface area contributed by atoms with Crippen LogP contribution in [0.1, 0.15) is 18.4 Å². The van der Waals surface area contributed by atoms with Gasteiger partial charge in [-0.25, -0.2) is 0 Å². The van der Waals surface area contributed by atoms with Gasteiger partial charge in [-0.2, -0.15) is 0 Å². The van der Waals surface area contributed by atoms with E-state index >= 15 is 0 Å². The van der Waals surface area contributed by atoms with E-state index in [4.69, 9.17) is 19.9 Å². The molecule has 1 heterocycles. The first-order valence-corrected chi connectivity index (χ1v) is 7.97. The molecular weight excluding hydrogens is 296 g/mol. The number of rotatable bonds is 8. The number of amides is 1. The van der Waals surface area contributed by atoms with Gasteiger partial charge < -0.3 is 25.3 Å². The molecule has 0 unspecified atom stereocenters. The molecule has 1 aliphatic heterocycles. The van der Waals surface area contributed by atoms with E-state index in [9.17, 15) is 4.79 Å². The van der Waals surface area contributed by atoms with Crippen molar-refractivity contribution in [3.8, 4) is 5.75 Å². The van der Waals surface area contributed by atoms with Crippen LogP contribution in [0.3, 0.4) is 0 Å². The van der Waals surface area contributed by atoms with Crippen molar-refractivity contribution in [2.45, 2.75) is 19.4 Å². The quantitative estimate of drug-likeness (QED) is 0.700. The highest BCUT2D eigenvalue weighted by Gasteiger charge is 2.38. The van der Waals surface area contributed by atoms with Gasteiger partial charge in [0, 0.05) is 39.0 Å². The Labute approximate surface area is 137 Å². The predicted molar refractivity (Wildman–Crippen MR) is 87.2 cm³/mol. The van der Waals surface area contributed by atoms with Gasteiger partial charge in [-0.05, 0) is 18.9 Å². The largest absolute Gasteiger partial charge is 0.491 e. The second-order valence-electron chi connectivity index (χ2n) is 5.73. The van der Waals surface area contributed by atoms with E-state index in [1.165, 1.54) is 0 Å². The van der Waals surface area contributed by atoms with Crippen LogP contribution < -0.4 is 15.8 Å². The minimum atomic E-state index is -0.510. The van der Waals surface area contributed by atoms with Gasteiger partial charge >= 0.3 is 0 Å². The molecule has 2 rings (SSSR count). The number of carbonyl (C=O) groups excluding carboxylic acids is 1. The summed E-state index contributed by atoms with van der Waals surface area (Å²) in [5.41, 5.74) is 6.30. The molecule has 3 N–H and O–H groups in total. The van der Waals surface area contributed by atoms with E-state index in [1.807, 2.05) is 24.3 Å². The van der Waals surface area contributed by atoms with E-state index in [1.54, 1.807) is 7.11 Å². The summed E-state index contributed by atoms with van der Waals surface area (Å²) in [7, 11) is 1.63. The Morgan fingerprint density at radius 2 is 2.04 bits per heavy atom. The first-order valence-electron chi connectivity index (χ1n) is 7.97. The molecule has 0 radical (unpaired) electrons. The zero-order chi connectivity index (χ0) is 16.5. The van der Waals surface area contributed by atoms with Gasteiger partial charge in [-0.3, -0.25) is 4.79 Å². The summed E-state index contributed by atoms with van der Waals surface area (Å²) in [6.45, 7) is 2.93. The van der Waals surface area contributed by atoms with E-state index in [0.717, 1.165) is 11.3 Å². The molecule has 1 fully saturated rings. The summed E-state index contributed by atoms with van der Waals surface area (Å²) in [6, 6.07) is 7.68. The number of ether oxygens (including phenoxy) is 3. The predicted octanol–water partition coefficient (Wildman–Crippen LogP) is 1.08. The standard InChI is InChI=1S/C17H26N2O4/c1-21-10-11-23-15-5-3-2-4-14(15)12-19-16(20)17(13-18)6-8-22-9-7-17/h2-5H,6-13,18H2,1H3,(H,19,20). The molecule has 1 aromatic rings. The fourth-order valence-electron chi connectivity index (χ4n) is 2.67. The lowest BCUT2D eigenvalue weighted by molar-refractivity contribution is -0.136. The van der Waals surface area contributed by atoms with Crippen LogP contribution in [-0.4, -0.2) is 46.0 Å². The fraction of sp³-hybridized carbons (Fsp3) is 0.588. The highest BCUT2D eigenvalue weighted by molar-refractivity contribution is 5.83. The molecule has 6 nitrogen and oxygen atoms in total. The monoisotopic (exact) mass is 322 g/mol. The van der Waals surface area contributed by atoms with E-state index in [-0.39, 0.29) is 5.91 Å². The average molecular weight is 322 g/mol. The maximum absolute atomic E-state index is 12.6. The molecule has 0 bridgehead atoms. The molecule has 0 spiro atoms. The van der Waals surface area contributed by atoms with Gasteiger partial charge in [0.05, 0.1) is 12.0 Å². The van der Waals surface area contributed by atoms with Gasteiger partial charge in [-0.1, -0.05) is 18.2 Å². The smallest absolute Gasteiger partial charge is 0.227 e. The first kappa shape index (κ1) is 17.7. The van der Waals surface area contributed by atoms with Crippen molar-refractivity contribution in [2.24, 2.45) is 11.1 Å². The maximum Gasteiger partial charge on any atom is 0.227 e. The number of hydrogen-bond donors (Lipinski definition) is 2. The lowest BCUT2D eigenvalue weighted by Gasteiger charge is -2.34. The van der Waals surface area contributed by atoms with Crippen LogP contribution in [0.5, 0.6) is 5.75 Å². The second kappa shape index (κ2) is 8.86. The van der Waals surface area contributed by atoms with Gasteiger partial charge in [-0.15, -0.1) is 0 Å². The summed E-state index contributed by atoms with van der Waals surface area (Å²) in [4.78, 5) is 12.6. The third kappa shape index (κ3) is 4.67.